The molecule has 1 N–H and O–H groups in total. The van der Waals surface area contributed by atoms with Crippen LogP contribution in [0, 0.1) is 0 Å². The minimum absolute atomic E-state index is 0.0497. The number of carbonyl (C=O) groups is 1. The molecule has 0 spiro atoms. The summed E-state index contributed by atoms with van der Waals surface area (Å²) in [7, 11) is 3.41. The van der Waals surface area contributed by atoms with E-state index in [-0.39, 0.29) is 5.91 Å². The number of rotatable bonds is 5. The zero-order valence-electron chi connectivity index (χ0n) is 18.6. The fourth-order valence-corrected chi connectivity index (χ4v) is 4.16. The molecule has 0 radical (unpaired) electrons. The second kappa shape index (κ2) is 7.77. The molecule has 10 nitrogen and oxygen atoms in total. The molecule has 1 aliphatic heterocycles. The molecular formula is C24H20N8O2. The van der Waals surface area contributed by atoms with Crippen molar-refractivity contribution in [3.8, 4) is 17.0 Å². The van der Waals surface area contributed by atoms with Gasteiger partial charge in [0.2, 0.25) is 0 Å². The number of ether oxygens (including phenoxy) is 1. The van der Waals surface area contributed by atoms with Crippen molar-refractivity contribution in [2.24, 2.45) is 0 Å². The second-order valence-corrected chi connectivity index (χ2v) is 8.09. The van der Waals surface area contributed by atoms with Crippen LogP contribution in [0.1, 0.15) is 21.7 Å². The van der Waals surface area contributed by atoms with E-state index in [1.54, 1.807) is 36.0 Å². The third-order valence-electron chi connectivity index (χ3n) is 5.94. The standard InChI is InChI=1S/C24H20N8O2/c1-31-13-15-9-14(3-4-17(15)24(31)33)18-5-6-21-28-29-22(32(21)30-18)12-26-19-7-8-25-20-10-16(34-2)11-27-23(19)20/h3-11H,12-13H2,1-2H3,(H,25,26). The lowest BCUT2D eigenvalue weighted by atomic mass is 10.0. The lowest BCUT2D eigenvalue weighted by Crippen LogP contribution is -2.17. The summed E-state index contributed by atoms with van der Waals surface area (Å²) in [4.78, 5) is 22.8. The van der Waals surface area contributed by atoms with Crippen molar-refractivity contribution in [2.45, 2.75) is 13.1 Å². The van der Waals surface area contributed by atoms with Gasteiger partial charge in [0.15, 0.2) is 11.5 Å². The van der Waals surface area contributed by atoms with Gasteiger partial charge in [0, 0.05) is 37.0 Å². The Hall–Kier alpha value is -4.60. The van der Waals surface area contributed by atoms with E-state index < -0.39 is 0 Å². The van der Waals surface area contributed by atoms with Crippen molar-refractivity contribution < 1.29 is 9.53 Å². The maximum absolute atomic E-state index is 12.2. The van der Waals surface area contributed by atoms with Gasteiger partial charge in [-0.05, 0) is 35.9 Å². The van der Waals surface area contributed by atoms with E-state index in [0.29, 0.717) is 30.3 Å². The normalized spacial score (nSPS) is 13.0. The van der Waals surface area contributed by atoms with E-state index in [1.807, 2.05) is 42.5 Å². The van der Waals surface area contributed by atoms with Crippen LogP contribution in [0.3, 0.4) is 0 Å². The molecule has 4 aromatic heterocycles. The fourth-order valence-electron chi connectivity index (χ4n) is 4.16. The Kier molecular flexibility index (Phi) is 4.58. The van der Waals surface area contributed by atoms with Crippen LogP contribution in [0.15, 0.2) is 54.9 Å². The molecule has 0 unspecified atom stereocenters. The summed E-state index contributed by atoms with van der Waals surface area (Å²) in [5, 5.41) is 16.7. The molecule has 0 aliphatic carbocycles. The third kappa shape index (κ3) is 3.27. The molecule has 6 rings (SSSR count). The maximum atomic E-state index is 12.2. The van der Waals surface area contributed by atoms with Gasteiger partial charge < -0.3 is 15.0 Å². The van der Waals surface area contributed by atoms with Crippen molar-refractivity contribution >= 4 is 28.3 Å². The highest BCUT2D eigenvalue weighted by Gasteiger charge is 2.24. The van der Waals surface area contributed by atoms with Crippen LogP contribution in [0.4, 0.5) is 5.69 Å². The van der Waals surface area contributed by atoms with E-state index in [0.717, 1.165) is 39.1 Å². The van der Waals surface area contributed by atoms with E-state index in [9.17, 15) is 4.79 Å². The summed E-state index contributed by atoms with van der Waals surface area (Å²) in [6, 6.07) is 13.3. The molecular weight excluding hydrogens is 432 g/mol. The van der Waals surface area contributed by atoms with E-state index >= 15 is 0 Å². The smallest absolute Gasteiger partial charge is 0.254 e. The summed E-state index contributed by atoms with van der Waals surface area (Å²) < 4.78 is 6.97. The highest BCUT2D eigenvalue weighted by Crippen LogP contribution is 2.27. The monoisotopic (exact) mass is 452 g/mol. The van der Waals surface area contributed by atoms with Gasteiger partial charge in [-0.25, -0.2) is 4.98 Å². The first-order valence-electron chi connectivity index (χ1n) is 10.7. The molecule has 0 saturated carbocycles. The Labute approximate surface area is 194 Å². The number of fused-ring (bicyclic) bond motifs is 3. The topological polar surface area (TPSA) is 110 Å². The van der Waals surface area contributed by atoms with Gasteiger partial charge in [-0.1, -0.05) is 6.07 Å². The average Bonchev–Trinajstić information content (AvgIpc) is 3.41. The van der Waals surface area contributed by atoms with Gasteiger partial charge in [0.05, 0.1) is 36.7 Å². The van der Waals surface area contributed by atoms with Gasteiger partial charge in [-0.15, -0.1) is 10.2 Å². The first kappa shape index (κ1) is 20.0. The molecule has 168 valence electrons. The fraction of sp³-hybridized carbons (Fsp3) is 0.167. The lowest BCUT2D eigenvalue weighted by Gasteiger charge is -2.09. The number of hydrogen-bond acceptors (Lipinski definition) is 8. The van der Waals surface area contributed by atoms with Crippen molar-refractivity contribution in [3.05, 3.63) is 71.8 Å². The molecule has 0 atom stereocenters. The van der Waals surface area contributed by atoms with Gasteiger partial charge >= 0.3 is 0 Å². The highest BCUT2D eigenvalue weighted by molar-refractivity contribution is 5.98. The molecule has 5 aromatic rings. The molecule has 0 saturated heterocycles. The van der Waals surface area contributed by atoms with Crippen LogP contribution in [-0.2, 0) is 13.1 Å². The summed E-state index contributed by atoms with van der Waals surface area (Å²) in [6.07, 6.45) is 3.39. The van der Waals surface area contributed by atoms with E-state index in [4.69, 9.17) is 9.84 Å². The molecule has 10 heteroatoms. The number of anilines is 1. The van der Waals surface area contributed by atoms with Crippen LogP contribution in [-0.4, -0.2) is 54.7 Å². The zero-order valence-corrected chi connectivity index (χ0v) is 18.6. The minimum atomic E-state index is 0.0497. The van der Waals surface area contributed by atoms with Crippen molar-refractivity contribution in [2.75, 3.05) is 19.5 Å². The summed E-state index contributed by atoms with van der Waals surface area (Å²) in [5.74, 6) is 1.36. The van der Waals surface area contributed by atoms with Crippen LogP contribution < -0.4 is 10.1 Å². The van der Waals surface area contributed by atoms with Gasteiger partial charge in [0.25, 0.3) is 5.91 Å². The quantitative estimate of drug-likeness (QED) is 0.433. The van der Waals surface area contributed by atoms with Gasteiger partial charge in [-0.2, -0.15) is 9.61 Å². The SMILES string of the molecule is COc1cnc2c(NCc3nnc4ccc(-c5ccc6c(c5)CN(C)C6=O)nn34)ccnc2c1. The largest absolute Gasteiger partial charge is 0.495 e. The highest BCUT2D eigenvalue weighted by atomic mass is 16.5. The number of nitrogens with zero attached hydrogens (tertiary/aromatic N) is 7. The molecule has 0 fully saturated rings. The molecule has 1 aliphatic rings. The molecule has 1 aromatic carbocycles. The number of hydrogen-bond donors (Lipinski definition) is 1. The summed E-state index contributed by atoms with van der Waals surface area (Å²) in [6.45, 7) is 1.000. The Bertz CT molecular complexity index is 1580. The predicted octanol–water partition coefficient (Wildman–Crippen LogP) is 2.94. The Morgan fingerprint density at radius 2 is 2.00 bits per heavy atom. The lowest BCUT2D eigenvalue weighted by molar-refractivity contribution is 0.0816. The van der Waals surface area contributed by atoms with Crippen LogP contribution in [0.2, 0.25) is 0 Å². The zero-order chi connectivity index (χ0) is 23.2. The number of aromatic nitrogens is 6. The summed E-state index contributed by atoms with van der Waals surface area (Å²) in [5.41, 5.74) is 6.42. The molecule has 5 heterocycles. The van der Waals surface area contributed by atoms with Crippen molar-refractivity contribution in [1.82, 2.24) is 34.7 Å². The van der Waals surface area contributed by atoms with E-state index in [2.05, 4.69) is 25.5 Å². The Balaban J connectivity index is 1.30. The van der Waals surface area contributed by atoms with Gasteiger partial charge in [0.1, 0.15) is 11.3 Å². The second-order valence-electron chi connectivity index (χ2n) is 8.09. The summed E-state index contributed by atoms with van der Waals surface area (Å²) >= 11 is 0. The van der Waals surface area contributed by atoms with Crippen LogP contribution in [0.5, 0.6) is 5.75 Å². The molecule has 0 bridgehead atoms. The first-order valence-corrected chi connectivity index (χ1v) is 10.7. The number of methoxy groups -OCH3 is 1. The predicted molar refractivity (Wildman–Crippen MR) is 125 cm³/mol. The number of pyridine rings is 2. The number of benzene rings is 1. The van der Waals surface area contributed by atoms with Gasteiger partial charge in [-0.3, -0.25) is 9.78 Å². The number of amides is 1. The van der Waals surface area contributed by atoms with Crippen molar-refractivity contribution in [3.63, 3.8) is 0 Å². The maximum Gasteiger partial charge on any atom is 0.254 e. The Morgan fingerprint density at radius 1 is 1.09 bits per heavy atom. The van der Waals surface area contributed by atoms with Crippen LogP contribution >= 0.6 is 0 Å². The van der Waals surface area contributed by atoms with E-state index in [1.165, 1.54) is 0 Å². The van der Waals surface area contributed by atoms with Crippen LogP contribution in [0.25, 0.3) is 27.9 Å². The molecule has 1 amide bonds. The minimum Gasteiger partial charge on any atom is -0.495 e. The molecule has 34 heavy (non-hydrogen) atoms. The Morgan fingerprint density at radius 3 is 2.88 bits per heavy atom. The average molecular weight is 452 g/mol. The number of carbonyl (C=O) groups excluding carboxylic acids is 1. The third-order valence-corrected chi connectivity index (χ3v) is 5.94. The van der Waals surface area contributed by atoms with Crippen molar-refractivity contribution in [1.29, 1.82) is 0 Å². The number of nitrogens with one attached hydrogen (secondary N) is 1. The first-order chi connectivity index (χ1) is 16.6.